The zero-order valence-electron chi connectivity index (χ0n) is 12.7. The largest absolute Gasteiger partial charge is 0.347 e. The van der Waals surface area contributed by atoms with Crippen LogP contribution in [0, 0.1) is 24.2 Å². The Balaban J connectivity index is 1.73. The van der Waals surface area contributed by atoms with Gasteiger partial charge < -0.3 is 14.8 Å². The number of halogens is 1. The number of carbonyl (C=O) groups excluding carboxylic acids is 1. The van der Waals surface area contributed by atoms with Crippen molar-refractivity contribution in [1.29, 1.82) is 5.26 Å². The number of benzene rings is 1. The fraction of sp³-hybridized carbons (Fsp3) is 0.312. The second-order valence-corrected chi connectivity index (χ2v) is 5.59. The van der Waals surface area contributed by atoms with Crippen LogP contribution in [-0.4, -0.2) is 39.5 Å². The van der Waals surface area contributed by atoms with Crippen molar-refractivity contribution in [1.82, 2.24) is 19.8 Å². The molecule has 0 spiro atoms. The summed E-state index contributed by atoms with van der Waals surface area (Å²) in [7, 11) is 0. The maximum Gasteiger partial charge on any atom is 0.254 e. The van der Waals surface area contributed by atoms with Crippen LogP contribution in [0.2, 0.25) is 0 Å². The topological polar surface area (TPSA) is 74.0 Å². The summed E-state index contributed by atoms with van der Waals surface area (Å²) in [6, 6.07) is 4.33. The summed E-state index contributed by atoms with van der Waals surface area (Å²) in [5.74, 6) is -1.04. The van der Waals surface area contributed by atoms with Crippen LogP contribution in [0.4, 0.5) is 4.39 Å². The van der Waals surface area contributed by atoms with Crippen LogP contribution in [0.25, 0.3) is 5.69 Å². The number of aryl methyl sites for hydroxylation is 1. The van der Waals surface area contributed by atoms with Crippen molar-refractivity contribution < 1.29 is 9.18 Å². The number of carbonyl (C=O) groups is 1. The molecule has 0 saturated carbocycles. The third-order valence-electron chi connectivity index (χ3n) is 3.87. The fourth-order valence-electron chi connectivity index (χ4n) is 2.64. The fourth-order valence-corrected chi connectivity index (χ4v) is 2.64. The average Bonchev–Trinajstić information content (AvgIpc) is 3.16. The Morgan fingerprint density at radius 1 is 1.52 bits per heavy atom. The Morgan fingerprint density at radius 3 is 2.96 bits per heavy atom. The smallest absolute Gasteiger partial charge is 0.254 e. The molecule has 7 heteroatoms. The third kappa shape index (κ3) is 3.16. The van der Waals surface area contributed by atoms with E-state index in [0.29, 0.717) is 25.2 Å². The molecule has 1 aromatic carbocycles. The van der Waals surface area contributed by atoms with E-state index in [9.17, 15) is 9.18 Å². The van der Waals surface area contributed by atoms with Gasteiger partial charge in [0.1, 0.15) is 5.82 Å². The lowest BCUT2D eigenvalue weighted by atomic mass is 10.1. The van der Waals surface area contributed by atoms with E-state index in [0.717, 1.165) is 5.69 Å². The summed E-state index contributed by atoms with van der Waals surface area (Å²) >= 11 is 0. The molecule has 1 aromatic heterocycles. The van der Waals surface area contributed by atoms with E-state index in [1.54, 1.807) is 28.1 Å². The number of likely N-dealkylation sites (tertiary alicyclic amines) is 1. The summed E-state index contributed by atoms with van der Waals surface area (Å²) in [6.45, 7) is 2.93. The molecule has 6 nitrogen and oxygen atoms in total. The van der Waals surface area contributed by atoms with E-state index in [2.05, 4.69) is 10.3 Å². The van der Waals surface area contributed by atoms with Crippen LogP contribution >= 0.6 is 0 Å². The van der Waals surface area contributed by atoms with Gasteiger partial charge in [-0.05, 0) is 31.5 Å². The first kappa shape index (κ1) is 15.0. The van der Waals surface area contributed by atoms with Gasteiger partial charge in [0.15, 0.2) is 6.19 Å². The Hall–Kier alpha value is -2.88. The molecular weight excluding hydrogens is 297 g/mol. The van der Waals surface area contributed by atoms with Gasteiger partial charge in [0.05, 0.1) is 17.6 Å². The van der Waals surface area contributed by atoms with Crippen molar-refractivity contribution in [3.05, 3.63) is 47.8 Å². The van der Waals surface area contributed by atoms with Crippen molar-refractivity contribution in [2.24, 2.45) is 0 Å². The van der Waals surface area contributed by atoms with Gasteiger partial charge >= 0.3 is 0 Å². The van der Waals surface area contributed by atoms with E-state index < -0.39 is 11.7 Å². The van der Waals surface area contributed by atoms with Gasteiger partial charge in [-0.25, -0.2) is 9.37 Å². The lowest BCUT2D eigenvalue weighted by Gasteiger charge is -2.13. The normalized spacial score (nSPS) is 17.1. The summed E-state index contributed by atoms with van der Waals surface area (Å²) in [4.78, 5) is 17.9. The minimum absolute atomic E-state index is 0.000921. The molecule has 1 fully saturated rings. The molecule has 1 saturated heterocycles. The van der Waals surface area contributed by atoms with Crippen LogP contribution < -0.4 is 5.32 Å². The molecule has 1 atom stereocenters. The van der Waals surface area contributed by atoms with E-state index in [-0.39, 0.29) is 11.6 Å². The van der Waals surface area contributed by atoms with E-state index in [1.807, 2.05) is 13.1 Å². The van der Waals surface area contributed by atoms with Gasteiger partial charge in [-0.1, -0.05) is 0 Å². The highest BCUT2D eigenvalue weighted by Gasteiger charge is 2.24. The van der Waals surface area contributed by atoms with Crippen molar-refractivity contribution in [2.75, 3.05) is 13.1 Å². The van der Waals surface area contributed by atoms with Crippen molar-refractivity contribution in [3.8, 4) is 11.9 Å². The minimum Gasteiger partial charge on any atom is -0.347 e. The molecule has 23 heavy (non-hydrogen) atoms. The monoisotopic (exact) mass is 313 g/mol. The van der Waals surface area contributed by atoms with Crippen LogP contribution in [0.1, 0.15) is 22.5 Å². The number of nitrogens with zero attached hydrogens (tertiary/aromatic N) is 4. The molecule has 118 valence electrons. The number of amides is 1. The Bertz CT molecular complexity index is 779. The summed E-state index contributed by atoms with van der Waals surface area (Å²) in [5, 5.41) is 11.6. The molecule has 1 N–H and O–H groups in total. The van der Waals surface area contributed by atoms with Gasteiger partial charge in [0.2, 0.25) is 0 Å². The van der Waals surface area contributed by atoms with Crippen molar-refractivity contribution in [3.63, 3.8) is 0 Å². The maximum atomic E-state index is 14.3. The minimum atomic E-state index is -0.582. The molecule has 1 unspecified atom stereocenters. The van der Waals surface area contributed by atoms with Gasteiger partial charge in [-0.2, -0.15) is 5.26 Å². The van der Waals surface area contributed by atoms with Crippen molar-refractivity contribution in [2.45, 2.75) is 19.4 Å². The quantitative estimate of drug-likeness (QED) is 0.874. The summed E-state index contributed by atoms with van der Waals surface area (Å²) in [6.07, 6.45) is 6.11. The lowest BCUT2D eigenvalue weighted by Crippen LogP contribution is -2.36. The molecule has 0 bridgehead atoms. The number of rotatable bonds is 3. The highest BCUT2D eigenvalue weighted by molar-refractivity contribution is 5.94. The molecule has 2 aromatic rings. The first-order valence-electron chi connectivity index (χ1n) is 7.33. The number of aromatic nitrogens is 2. The number of hydrogen-bond acceptors (Lipinski definition) is 4. The summed E-state index contributed by atoms with van der Waals surface area (Å²) in [5.41, 5.74) is 1.44. The van der Waals surface area contributed by atoms with Gasteiger partial charge in [-0.15, -0.1) is 0 Å². The number of imidazole rings is 1. The third-order valence-corrected chi connectivity index (χ3v) is 3.87. The Kier molecular flexibility index (Phi) is 3.98. The van der Waals surface area contributed by atoms with Crippen LogP contribution in [0.15, 0.2) is 30.7 Å². The molecule has 0 radical (unpaired) electrons. The molecular formula is C16H16FN5O. The maximum absolute atomic E-state index is 14.3. The van der Waals surface area contributed by atoms with Crippen LogP contribution in [-0.2, 0) is 0 Å². The Labute approximate surface area is 133 Å². The molecule has 2 heterocycles. The second-order valence-electron chi connectivity index (χ2n) is 5.59. The number of nitriles is 1. The first-order valence-corrected chi connectivity index (χ1v) is 7.33. The van der Waals surface area contributed by atoms with Gasteiger partial charge in [0, 0.05) is 31.0 Å². The lowest BCUT2D eigenvalue weighted by molar-refractivity contribution is 0.0935. The molecule has 1 aliphatic heterocycles. The molecule has 3 rings (SSSR count). The van der Waals surface area contributed by atoms with Crippen LogP contribution in [0.3, 0.4) is 0 Å². The average molecular weight is 313 g/mol. The summed E-state index contributed by atoms with van der Waals surface area (Å²) < 4.78 is 15.9. The molecule has 1 aliphatic rings. The number of nitrogens with one attached hydrogen (secondary N) is 1. The highest BCUT2D eigenvalue weighted by Crippen LogP contribution is 2.16. The van der Waals surface area contributed by atoms with E-state index >= 15 is 0 Å². The molecule has 1 amide bonds. The first-order chi connectivity index (χ1) is 11.1. The van der Waals surface area contributed by atoms with Crippen LogP contribution in [0.5, 0.6) is 0 Å². The zero-order chi connectivity index (χ0) is 16.4. The predicted octanol–water partition coefficient (Wildman–Crippen LogP) is 1.60. The van der Waals surface area contributed by atoms with Gasteiger partial charge in [0.25, 0.3) is 5.91 Å². The van der Waals surface area contributed by atoms with Gasteiger partial charge in [-0.3, -0.25) is 4.79 Å². The zero-order valence-corrected chi connectivity index (χ0v) is 12.7. The second kappa shape index (κ2) is 6.08. The standard InChI is InChI=1S/C16H16FN5O/c1-11-7-22(10-19-11)13-2-3-14(15(17)6-13)16(23)20-12-4-5-21(8-12)9-18/h2-3,6-7,10,12H,4-5,8H2,1H3,(H,20,23). The predicted molar refractivity (Wildman–Crippen MR) is 81.3 cm³/mol. The highest BCUT2D eigenvalue weighted by atomic mass is 19.1. The number of hydrogen-bond donors (Lipinski definition) is 1. The van der Waals surface area contributed by atoms with E-state index in [1.165, 1.54) is 12.1 Å². The van der Waals surface area contributed by atoms with Crippen molar-refractivity contribution >= 4 is 5.91 Å². The Morgan fingerprint density at radius 2 is 2.35 bits per heavy atom. The van der Waals surface area contributed by atoms with E-state index in [4.69, 9.17) is 5.26 Å². The SMILES string of the molecule is Cc1cn(-c2ccc(C(=O)NC3CCN(C#N)C3)c(F)c2)cn1. The molecule has 0 aliphatic carbocycles.